The zero-order valence-electron chi connectivity index (χ0n) is 43.6. The molecule has 6 heteroatoms. The lowest BCUT2D eigenvalue weighted by Crippen LogP contribution is -2.30. The van der Waals surface area contributed by atoms with Crippen LogP contribution in [0.3, 0.4) is 0 Å². The van der Waals surface area contributed by atoms with Crippen molar-refractivity contribution in [3.05, 3.63) is 97.2 Å². The molecule has 0 aliphatic carbocycles. The number of carbonyl (C=O) groups excluding carboxylic acids is 3. The summed E-state index contributed by atoms with van der Waals surface area (Å²) in [6.07, 6.45) is 72.5. The molecule has 0 bridgehead atoms. The van der Waals surface area contributed by atoms with Gasteiger partial charge in [-0.05, 0) is 116 Å². The molecule has 6 nitrogen and oxygen atoms in total. The average molecular weight is 931 g/mol. The van der Waals surface area contributed by atoms with E-state index < -0.39 is 6.10 Å². The Labute approximate surface area is 413 Å². The van der Waals surface area contributed by atoms with E-state index in [1.165, 1.54) is 109 Å². The van der Waals surface area contributed by atoms with Gasteiger partial charge in [-0.1, -0.05) is 214 Å². The van der Waals surface area contributed by atoms with E-state index in [1.807, 2.05) is 0 Å². The van der Waals surface area contributed by atoms with Crippen LogP contribution in [0.5, 0.6) is 0 Å². The SMILES string of the molecule is CC/C=C\C/C=C\C/C=C\C/C=C\CCCCCCC(=O)O[C@H](COC(=O)CCC/C=C\C/C=C\C/C=C\CCCCCCCC)COC(=O)CCCCCCCCC/C=C\CCCCCC. The molecule has 0 aromatic rings. The zero-order valence-corrected chi connectivity index (χ0v) is 43.6. The number of hydrogen-bond acceptors (Lipinski definition) is 6. The molecule has 382 valence electrons. The Bertz CT molecular complexity index is 1350. The monoisotopic (exact) mass is 931 g/mol. The largest absolute Gasteiger partial charge is 0.462 e. The molecule has 0 heterocycles. The van der Waals surface area contributed by atoms with Crippen molar-refractivity contribution in [1.29, 1.82) is 0 Å². The molecule has 0 radical (unpaired) electrons. The summed E-state index contributed by atoms with van der Waals surface area (Å²) in [6.45, 7) is 6.44. The molecule has 0 unspecified atom stereocenters. The summed E-state index contributed by atoms with van der Waals surface area (Å²) in [6, 6.07) is 0. The highest BCUT2D eigenvalue weighted by Gasteiger charge is 2.19. The molecule has 1 atom stereocenters. The van der Waals surface area contributed by atoms with Gasteiger partial charge in [-0.15, -0.1) is 0 Å². The second-order valence-electron chi connectivity index (χ2n) is 18.1. The minimum absolute atomic E-state index is 0.106. The van der Waals surface area contributed by atoms with Crippen LogP contribution in [0, 0.1) is 0 Å². The van der Waals surface area contributed by atoms with Gasteiger partial charge in [0.1, 0.15) is 13.2 Å². The Kier molecular flexibility index (Phi) is 51.9. The van der Waals surface area contributed by atoms with E-state index in [4.69, 9.17) is 14.2 Å². The Hall–Kier alpha value is -3.67. The molecular formula is C61H102O6. The Morgan fingerprint density at radius 2 is 0.597 bits per heavy atom. The highest BCUT2D eigenvalue weighted by atomic mass is 16.6. The second-order valence-corrected chi connectivity index (χ2v) is 18.1. The van der Waals surface area contributed by atoms with Crippen molar-refractivity contribution >= 4 is 17.9 Å². The molecule has 0 rings (SSSR count). The Balaban J connectivity index is 4.52. The van der Waals surface area contributed by atoms with Crippen molar-refractivity contribution in [1.82, 2.24) is 0 Å². The van der Waals surface area contributed by atoms with Gasteiger partial charge in [0.15, 0.2) is 6.10 Å². The molecular weight excluding hydrogens is 829 g/mol. The number of carbonyl (C=O) groups is 3. The topological polar surface area (TPSA) is 78.9 Å². The predicted octanol–water partition coefficient (Wildman–Crippen LogP) is 18.5. The molecule has 0 amide bonds. The Morgan fingerprint density at radius 1 is 0.313 bits per heavy atom. The lowest BCUT2D eigenvalue weighted by Gasteiger charge is -2.18. The minimum atomic E-state index is -0.813. The summed E-state index contributed by atoms with van der Waals surface area (Å²) >= 11 is 0. The van der Waals surface area contributed by atoms with Crippen molar-refractivity contribution in [3.63, 3.8) is 0 Å². The molecule has 0 spiro atoms. The van der Waals surface area contributed by atoms with Crippen LogP contribution in [0.4, 0.5) is 0 Å². The van der Waals surface area contributed by atoms with Crippen LogP contribution in [0.15, 0.2) is 97.2 Å². The average Bonchev–Trinajstić information content (AvgIpc) is 3.33. The highest BCUT2D eigenvalue weighted by Crippen LogP contribution is 2.13. The van der Waals surface area contributed by atoms with E-state index in [2.05, 4.69) is 118 Å². The van der Waals surface area contributed by atoms with Crippen LogP contribution < -0.4 is 0 Å². The summed E-state index contributed by atoms with van der Waals surface area (Å²) in [5.41, 5.74) is 0. The molecule has 0 aliphatic heterocycles. The number of unbranched alkanes of at least 4 members (excludes halogenated alkanes) is 22. The third kappa shape index (κ3) is 53.2. The standard InChI is InChI=1S/C61H102O6/c1-4-7-10-13-16-19-22-25-28-30-33-36-39-42-45-48-51-54-60(63)66-57-58(56-65-59(62)53-50-47-44-41-38-35-32-27-24-21-18-15-12-9-6-3)67-61(64)55-52-49-46-43-40-37-34-31-29-26-23-20-17-14-11-8-5-2/h8,11,17,20-21,24-26,28-29,33-34,36-37,42,45,58H,4-7,9-10,12-16,18-19,22-23,27,30-32,35,38-41,43-44,46-57H2,1-3H3/b11-8-,20-17-,24-21-,28-25-,29-26-,36-33-,37-34-,45-42-/t58-/m0/s1. The number of esters is 3. The van der Waals surface area contributed by atoms with Gasteiger partial charge in [0.25, 0.3) is 0 Å². The van der Waals surface area contributed by atoms with Gasteiger partial charge >= 0.3 is 17.9 Å². The number of ether oxygens (including phenoxy) is 3. The molecule has 67 heavy (non-hydrogen) atoms. The van der Waals surface area contributed by atoms with Gasteiger partial charge in [-0.3, -0.25) is 14.4 Å². The van der Waals surface area contributed by atoms with Gasteiger partial charge in [-0.25, -0.2) is 0 Å². The number of rotatable bonds is 49. The molecule has 0 saturated carbocycles. The van der Waals surface area contributed by atoms with E-state index in [9.17, 15) is 14.4 Å². The van der Waals surface area contributed by atoms with Crippen molar-refractivity contribution in [2.45, 2.75) is 258 Å². The highest BCUT2D eigenvalue weighted by molar-refractivity contribution is 5.71. The first-order valence-electron chi connectivity index (χ1n) is 27.7. The molecule has 0 aromatic heterocycles. The van der Waals surface area contributed by atoms with Crippen molar-refractivity contribution in [2.24, 2.45) is 0 Å². The zero-order chi connectivity index (χ0) is 48.6. The van der Waals surface area contributed by atoms with Crippen molar-refractivity contribution < 1.29 is 28.6 Å². The van der Waals surface area contributed by atoms with E-state index in [0.29, 0.717) is 12.8 Å². The number of hydrogen-bond donors (Lipinski definition) is 0. The van der Waals surface area contributed by atoms with Gasteiger partial charge in [0, 0.05) is 19.3 Å². The quantitative estimate of drug-likeness (QED) is 0.0262. The summed E-state index contributed by atoms with van der Waals surface area (Å²) in [7, 11) is 0. The van der Waals surface area contributed by atoms with E-state index in [0.717, 1.165) is 96.3 Å². The summed E-state index contributed by atoms with van der Waals surface area (Å²) in [5, 5.41) is 0. The fourth-order valence-corrected chi connectivity index (χ4v) is 7.38. The van der Waals surface area contributed by atoms with Gasteiger partial charge in [0.05, 0.1) is 0 Å². The third-order valence-electron chi connectivity index (χ3n) is 11.5. The van der Waals surface area contributed by atoms with E-state index in [1.54, 1.807) is 0 Å². The summed E-state index contributed by atoms with van der Waals surface area (Å²) in [5.74, 6) is -0.988. The fourth-order valence-electron chi connectivity index (χ4n) is 7.38. The summed E-state index contributed by atoms with van der Waals surface area (Å²) in [4.78, 5) is 38.1. The lowest BCUT2D eigenvalue weighted by molar-refractivity contribution is -0.167. The minimum Gasteiger partial charge on any atom is -0.462 e. The van der Waals surface area contributed by atoms with Crippen LogP contribution >= 0.6 is 0 Å². The van der Waals surface area contributed by atoms with Crippen molar-refractivity contribution in [3.8, 4) is 0 Å². The smallest absolute Gasteiger partial charge is 0.306 e. The van der Waals surface area contributed by atoms with E-state index >= 15 is 0 Å². The second kappa shape index (κ2) is 54.9. The van der Waals surface area contributed by atoms with Crippen LogP contribution in [0.25, 0.3) is 0 Å². The molecule has 0 fully saturated rings. The Morgan fingerprint density at radius 3 is 1.00 bits per heavy atom. The van der Waals surface area contributed by atoms with Crippen LogP contribution in [0.1, 0.15) is 252 Å². The van der Waals surface area contributed by atoms with Gasteiger partial charge in [-0.2, -0.15) is 0 Å². The van der Waals surface area contributed by atoms with Gasteiger partial charge in [0.2, 0.25) is 0 Å². The first-order chi connectivity index (χ1) is 33.0. The van der Waals surface area contributed by atoms with Crippen LogP contribution in [-0.2, 0) is 28.6 Å². The molecule has 0 aromatic carbocycles. The third-order valence-corrected chi connectivity index (χ3v) is 11.5. The first-order valence-corrected chi connectivity index (χ1v) is 27.7. The normalized spacial score (nSPS) is 12.8. The maximum absolute atomic E-state index is 12.8. The van der Waals surface area contributed by atoms with Gasteiger partial charge < -0.3 is 14.2 Å². The molecule has 0 N–H and O–H groups in total. The van der Waals surface area contributed by atoms with Crippen LogP contribution in [-0.4, -0.2) is 37.2 Å². The molecule has 0 saturated heterocycles. The maximum Gasteiger partial charge on any atom is 0.306 e. The molecule has 0 aliphatic rings. The summed E-state index contributed by atoms with van der Waals surface area (Å²) < 4.78 is 16.8. The fraction of sp³-hybridized carbons (Fsp3) is 0.689. The lowest BCUT2D eigenvalue weighted by atomic mass is 10.1. The van der Waals surface area contributed by atoms with Crippen molar-refractivity contribution in [2.75, 3.05) is 13.2 Å². The maximum atomic E-state index is 12.8. The van der Waals surface area contributed by atoms with Crippen LogP contribution in [0.2, 0.25) is 0 Å². The number of allylic oxidation sites excluding steroid dienone is 16. The predicted molar refractivity (Wildman–Crippen MR) is 288 cm³/mol. The first kappa shape index (κ1) is 63.3. The van der Waals surface area contributed by atoms with E-state index in [-0.39, 0.29) is 44.0 Å².